The van der Waals surface area contributed by atoms with Crippen LogP contribution in [0.15, 0.2) is 18.5 Å². The van der Waals surface area contributed by atoms with E-state index < -0.39 is 5.97 Å². The molecule has 0 aromatic carbocycles. The van der Waals surface area contributed by atoms with E-state index in [2.05, 4.69) is 19.9 Å². The highest BCUT2D eigenvalue weighted by atomic mass is 35.5. The monoisotopic (exact) mass is 382 g/mol. The predicted octanol–water partition coefficient (Wildman–Crippen LogP) is 1.36. The summed E-state index contributed by atoms with van der Waals surface area (Å²) >= 11 is 5.48. The van der Waals surface area contributed by atoms with Crippen LogP contribution in [-0.4, -0.2) is 46.7 Å². The quantitative estimate of drug-likeness (QED) is 0.573. The van der Waals surface area contributed by atoms with Gasteiger partial charge in [0.1, 0.15) is 5.69 Å². The first-order chi connectivity index (χ1) is 12.4. The molecule has 0 bridgehead atoms. The Morgan fingerprint density at radius 3 is 2.19 bits per heavy atom. The summed E-state index contributed by atoms with van der Waals surface area (Å²) in [5, 5.41) is 0.195. The highest BCUT2D eigenvalue weighted by Gasteiger charge is 2.02. The van der Waals surface area contributed by atoms with Gasteiger partial charge in [-0.2, -0.15) is 9.97 Å². The number of hydrogen-bond donors (Lipinski definition) is 2. The van der Waals surface area contributed by atoms with Gasteiger partial charge in [0.15, 0.2) is 16.8 Å². The van der Waals surface area contributed by atoms with Gasteiger partial charge in [-0.3, -0.25) is 0 Å². The normalized spacial score (nSPS) is 10.0. The van der Waals surface area contributed by atoms with Gasteiger partial charge in [-0.1, -0.05) is 11.6 Å². The molecule has 0 saturated heterocycles. The zero-order valence-electron chi connectivity index (χ0n) is 14.5. The van der Waals surface area contributed by atoms with Gasteiger partial charge in [0, 0.05) is 6.08 Å². The molecular formula is C15H19ClN6O4. The Bertz CT molecular complexity index is 772. The largest absolute Gasteiger partial charge is 0.480 e. The molecule has 0 saturated carbocycles. The number of hydrogen-bond acceptors (Lipinski definition) is 10. The maximum atomic E-state index is 11.0. The lowest BCUT2D eigenvalue weighted by Crippen LogP contribution is -2.01. The number of halogens is 1. The maximum Gasteiger partial charge on any atom is 0.330 e. The van der Waals surface area contributed by atoms with E-state index in [4.69, 9.17) is 37.3 Å². The van der Waals surface area contributed by atoms with Crippen LogP contribution >= 0.6 is 11.6 Å². The molecule has 0 fully saturated rings. The Hall–Kier alpha value is -3.14. The minimum Gasteiger partial charge on any atom is -0.480 e. The highest BCUT2D eigenvalue weighted by molar-refractivity contribution is 6.31. The average molecular weight is 383 g/mol. The van der Waals surface area contributed by atoms with Gasteiger partial charge in [0.2, 0.25) is 11.8 Å². The van der Waals surface area contributed by atoms with Crippen molar-refractivity contribution < 1.29 is 19.0 Å². The second kappa shape index (κ2) is 10.7. The number of anilines is 2. The minimum atomic E-state index is -0.445. The van der Waals surface area contributed by atoms with Crippen molar-refractivity contribution >= 4 is 35.3 Å². The molecule has 0 unspecified atom stereocenters. The zero-order chi connectivity index (χ0) is 19.5. The van der Waals surface area contributed by atoms with E-state index in [-0.39, 0.29) is 16.8 Å². The van der Waals surface area contributed by atoms with Crippen molar-refractivity contribution in [2.45, 2.75) is 6.92 Å². The van der Waals surface area contributed by atoms with Gasteiger partial charge in [-0.25, -0.2) is 14.8 Å². The van der Waals surface area contributed by atoms with Gasteiger partial charge in [0.05, 0.1) is 33.2 Å². The molecule has 0 aliphatic rings. The van der Waals surface area contributed by atoms with Gasteiger partial charge in [-0.15, -0.1) is 0 Å². The summed E-state index contributed by atoms with van der Waals surface area (Å²) in [5.74, 6) is 0.619. The fourth-order valence-corrected chi connectivity index (χ4v) is 1.52. The molecule has 10 nitrogen and oxygen atoms in total. The van der Waals surface area contributed by atoms with Crippen LogP contribution in [0.4, 0.5) is 11.6 Å². The number of carbonyl (C=O) groups is 1. The van der Waals surface area contributed by atoms with Crippen molar-refractivity contribution in [1.29, 1.82) is 0 Å². The molecule has 11 heteroatoms. The molecular weight excluding hydrogens is 364 g/mol. The van der Waals surface area contributed by atoms with Gasteiger partial charge >= 0.3 is 5.97 Å². The van der Waals surface area contributed by atoms with E-state index in [1.165, 1.54) is 38.8 Å². The van der Waals surface area contributed by atoms with E-state index in [1.54, 1.807) is 6.92 Å². The fraction of sp³-hybridized carbons (Fsp3) is 0.267. The molecule has 0 atom stereocenters. The maximum absolute atomic E-state index is 11.0. The first-order valence-electron chi connectivity index (χ1n) is 7.24. The third-order valence-electron chi connectivity index (χ3n) is 2.62. The number of nitrogens with zero attached hydrogens (tertiary/aromatic N) is 4. The number of nitrogens with two attached hydrogens (primary N) is 2. The highest BCUT2D eigenvalue weighted by Crippen LogP contribution is 2.15. The molecule has 0 aliphatic heterocycles. The van der Waals surface area contributed by atoms with Crippen LogP contribution in [0.2, 0.25) is 5.15 Å². The van der Waals surface area contributed by atoms with Crippen molar-refractivity contribution in [2.24, 2.45) is 0 Å². The predicted molar refractivity (Wildman–Crippen MR) is 96.7 cm³/mol. The number of ether oxygens (including phenoxy) is 3. The van der Waals surface area contributed by atoms with E-state index in [1.807, 2.05) is 0 Å². The van der Waals surface area contributed by atoms with E-state index >= 15 is 0 Å². The van der Waals surface area contributed by atoms with Crippen LogP contribution < -0.4 is 20.9 Å². The van der Waals surface area contributed by atoms with Crippen molar-refractivity contribution in [3.8, 4) is 11.8 Å². The number of methoxy groups -OCH3 is 2. The van der Waals surface area contributed by atoms with E-state index in [9.17, 15) is 4.79 Å². The summed E-state index contributed by atoms with van der Waals surface area (Å²) < 4.78 is 14.3. The van der Waals surface area contributed by atoms with Crippen LogP contribution in [0.3, 0.4) is 0 Å². The van der Waals surface area contributed by atoms with Crippen molar-refractivity contribution in [2.75, 3.05) is 32.3 Å². The van der Waals surface area contributed by atoms with E-state index in [0.29, 0.717) is 24.1 Å². The van der Waals surface area contributed by atoms with Crippen LogP contribution in [-0.2, 0) is 9.53 Å². The SMILES string of the molecule is CCOC(=O)/C=C/c1ncc(OC)nc1N.COc1cnc(Cl)c(N)n1. The lowest BCUT2D eigenvalue weighted by atomic mass is 10.3. The average Bonchev–Trinajstić information content (AvgIpc) is 2.63. The topological polar surface area (TPSA) is 148 Å². The van der Waals surface area contributed by atoms with Gasteiger partial charge < -0.3 is 25.7 Å². The molecule has 4 N–H and O–H groups in total. The standard InChI is InChI=1S/C10H13N3O3.C5H6ClN3O/c1-3-16-9(14)5-4-7-10(11)13-8(15-2)6-12-7;1-10-3-2-8-4(6)5(7)9-3/h4-6H,3H2,1-2H3,(H2,11,13);2H,1H3,(H2,7,9)/b5-4+;. The zero-order valence-corrected chi connectivity index (χ0v) is 15.2. The Balaban J connectivity index is 0.000000289. The Kier molecular flexibility index (Phi) is 8.58. The molecule has 2 heterocycles. The number of carbonyl (C=O) groups excluding carboxylic acids is 1. The summed E-state index contributed by atoms with van der Waals surface area (Å²) in [5.41, 5.74) is 11.3. The lowest BCUT2D eigenvalue weighted by molar-refractivity contribution is -0.137. The third-order valence-corrected chi connectivity index (χ3v) is 2.91. The van der Waals surface area contributed by atoms with E-state index in [0.717, 1.165) is 0 Å². The number of aromatic nitrogens is 4. The molecule has 0 aliphatic carbocycles. The summed E-state index contributed by atoms with van der Waals surface area (Å²) in [6.45, 7) is 2.06. The third kappa shape index (κ3) is 6.77. The van der Waals surface area contributed by atoms with Gasteiger partial charge in [-0.05, 0) is 13.0 Å². The van der Waals surface area contributed by atoms with Gasteiger partial charge in [0.25, 0.3) is 0 Å². The number of nitrogen functional groups attached to an aromatic ring is 2. The molecule has 140 valence electrons. The van der Waals surface area contributed by atoms with Crippen LogP contribution in [0.5, 0.6) is 11.8 Å². The second-order valence-corrected chi connectivity index (χ2v) is 4.71. The summed E-state index contributed by atoms with van der Waals surface area (Å²) in [7, 11) is 2.95. The molecule has 0 amide bonds. The summed E-state index contributed by atoms with van der Waals surface area (Å²) in [6, 6.07) is 0. The summed E-state index contributed by atoms with van der Waals surface area (Å²) in [6.07, 6.45) is 5.51. The second-order valence-electron chi connectivity index (χ2n) is 4.36. The number of rotatable bonds is 5. The summed E-state index contributed by atoms with van der Waals surface area (Å²) in [4.78, 5) is 26.4. The molecule has 2 aromatic rings. The Morgan fingerprint density at radius 1 is 1.12 bits per heavy atom. The molecule has 26 heavy (non-hydrogen) atoms. The molecule has 2 rings (SSSR count). The van der Waals surface area contributed by atoms with Crippen molar-refractivity contribution in [1.82, 2.24) is 19.9 Å². The molecule has 0 radical (unpaired) electrons. The first kappa shape index (κ1) is 20.9. The number of esters is 1. The van der Waals surface area contributed by atoms with Crippen LogP contribution in [0.1, 0.15) is 12.6 Å². The van der Waals surface area contributed by atoms with Crippen molar-refractivity contribution in [3.63, 3.8) is 0 Å². The first-order valence-corrected chi connectivity index (χ1v) is 7.62. The molecule has 0 spiro atoms. The Labute approximate surface area is 155 Å². The Morgan fingerprint density at radius 2 is 1.69 bits per heavy atom. The minimum absolute atomic E-state index is 0.181. The fourth-order valence-electron chi connectivity index (χ4n) is 1.43. The lowest BCUT2D eigenvalue weighted by Gasteiger charge is -2.01. The van der Waals surface area contributed by atoms with Crippen molar-refractivity contribution in [3.05, 3.63) is 29.3 Å². The smallest absolute Gasteiger partial charge is 0.330 e. The van der Waals surface area contributed by atoms with Crippen LogP contribution in [0, 0.1) is 0 Å². The molecule has 2 aromatic heterocycles. The van der Waals surface area contributed by atoms with Crippen LogP contribution in [0.25, 0.3) is 6.08 Å².